The van der Waals surface area contributed by atoms with Gasteiger partial charge in [-0.25, -0.2) is 9.18 Å². The van der Waals surface area contributed by atoms with Gasteiger partial charge in [-0.1, -0.05) is 6.08 Å². The first kappa shape index (κ1) is 12.6. The van der Waals surface area contributed by atoms with Gasteiger partial charge < -0.3 is 10.4 Å². The molecule has 1 aromatic rings. The van der Waals surface area contributed by atoms with Crippen molar-refractivity contribution in [1.29, 1.82) is 0 Å². The number of anilines is 1. The van der Waals surface area contributed by atoms with E-state index in [2.05, 4.69) is 11.9 Å². The summed E-state index contributed by atoms with van der Waals surface area (Å²) < 4.78 is 13.4. The summed E-state index contributed by atoms with van der Waals surface area (Å²) in [6.07, 6.45) is 1.45. The van der Waals surface area contributed by atoms with E-state index in [0.29, 0.717) is 6.07 Å². The van der Waals surface area contributed by atoms with Crippen molar-refractivity contribution in [3.63, 3.8) is 0 Å². The van der Waals surface area contributed by atoms with Crippen LogP contribution in [0.5, 0.6) is 0 Å². The molecule has 0 fully saturated rings. The van der Waals surface area contributed by atoms with E-state index in [1.54, 1.807) is 0 Å². The summed E-state index contributed by atoms with van der Waals surface area (Å²) in [5.41, 5.74) is -1.46. The van der Waals surface area contributed by atoms with Crippen molar-refractivity contribution < 1.29 is 19.2 Å². The lowest BCUT2D eigenvalue weighted by atomic mass is 10.1. The van der Waals surface area contributed by atoms with Gasteiger partial charge in [0.15, 0.2) is 5.82 Å². The second kappa shape index (κ2) is 5.06. The minimum Gasteiger partial charge on any atom is -0.477 e. The van der Waals surface area contributed by atoms with Crippen LogP contribution >= 0.6 is 0 Å². The molecule has 2 N–H and O–H groups in total. The molecule has 7 heteroatoms. The molecule has 0 atom stereocenters. The second-order valence-electron chi connectivity index (χ2n) is 3.08. The van der Waals surface area contributed by atoms with E-state index in [1.165, 1.54) is 6.08 Å². The lowest BCUT2D eigenvalue weighted by Gasteiger charge is -2.06. The van der Waals surface area contributed by atoms with E-state index in [1.807, 2.05) is 0 Å². The van der Waals surface area contributed by atoms with Crippen molar-refractivity contribution in [3.8, 4) is 0 Å². The second-order valence-corrected chi connectivity index (χ2v) is 3.08. The molecule has 0 saturated carbocycles. The normalized spacial score (nSPS) is 9.71. The maximum atomic E-state index is 13.4. The largest absolute Gasteiger partial charge is 0.477 e. The smallest absolute Gasteiger partial charge is 0.342 e. The molecule has 0 unspecified atom stereocenters. The number of hydrogen-bond acceptors (Lipinski definition) is 4. The molecule has 0 amide bonds. The standard InChI is InChI=1S/C10H9FN2O4/c1-2-3-12-8-4-6(10(14)15)9(13(16)17)5-7(8)11/h2,4-5,12H,1,3H2,(H,14,15). The number of rotatable bonds is 5. The molecule has 0 aromatic heterocycles. The number of carbonyl (C=O) groups is 1. The Morgan fingerprint density at radius 2 is 2.29 bits per heavy atom. The van der Waals surface area contributed by atoms with Crippen LogP contribution in [0.1, 0.15) is 10.4 Å². The fourth-order valence-electron chi connectivity index (χ4n) is 1.20. The molecule has 0 aliphatic heterocycles. The number of halogens is 1. The fraction of sp³-hybridized carbons (Fsp3) is 0.100. The van der Waals surface area contributed by atoms with Gasteiger partial charge in [-0.15, -0.1) is 6.58 Å². The van der Waals surface area contributed by atoms with Gasteiger partial charge in [0.2, 0.25) is 0 Å². The summed E-state index contributed by atoms with van der Waals surface area (Å²) in [5.74, 6) is -2.37. The zero-order valence-electron chi connectivity index (χ0n) is 8.64. The monoisotopic (exact) mass is 240 g/mol. The average molecular weight is 240 g/mol. The van der Waals surface area contributed by atoms with Crippen molar-refractivity contribution >= 4 is 17.3 Å². The van der Waals surface area contributed by atoms with E-state index < -0.39 is 28.0 Å². The first-order valence-corrected chi connectivity index (χ1v) is 4.53. The zero-order chi connectivity index (χ0) is 13.0. The molecule has 0 spiro atoms. The van der Waals surface area contributed by atoms with Gasteiger partial charge in [0, 0.05) is 6.54 Å². The van der Waals surface area contributed by atoms with Gasteiger partial charge in [-0.2, -0.15) is 0 Å². The molecule has 0 radical (unpaired) electrons. The fourth-order valence-corrected chi connectivity index (χ4v) is 1.20. The minimum absolute atomic E-state index is 0.118. The van der Waals surface area contributed by atoms with E-state index in [9.17, 15) is 19.3 Å². The Kier molecular flexibility index (Phi) is 3.76. The van der Waals surface area contributed by atoms with Crippen LogP contribution in [0, 0.1) is 15.9 Å². The third kappa shape index (κ3) is 2.77. The maximum Gasteiger partial charge on any atom is 0.342 e. The summed E-state index contributed by atoms with van der Waals surface area (Å²) in [4.78, 5) is 20.4. The zero-order valence-corrected chi connectivity index (χ0v) is 8.64. The summed E-state index contributed by atoms with van der Waals surface area (Å²) in [5, 5.41) is 21.9. The van der Waals surface area contributed by atoms with Crippen LogP contribution in [0.4, 0.5) is 15.8 Å². The minimum atomic E-state index is -1.49. The summed E-state index contributed by atoms with van der Waals surface area (Å²) in [6.45, 7) is 3.62. The van der Waals surface area contributed by atoms with Crippen molar-refractivity contribution in [1.82, 2.24) is 0 Å². The topological polar surface area (TPSA) is 92.5 Å². The Labute approximate surface area is 95.5 Å². The predicted octanol–water partition coefficient (Wildman–Crippen LogP) is 2.03. The molecule has 6 nitrogen and oxygen atoms in total. The number of carboxylic acids is 1. The molecular weight excluding hydrogens is 231 g/mol. The van der Waals surface area contributed by atoms with Crippen LogP contribution in [0.15, 0.2) is 24.8 Å². The van der Waals surface area contributed by atoms with Crippen LogP contribution in [0.25, 0.3) is 0 Å². The molecule has 17 heavy (non-hydrogen) atoms. The third-order valence-corrected chi connectivity index (χ3v) is 1.95. The molecule has 1 rings (SSSR count). The number of nitro benzene ring substituents is 1. The van der Waals surface area contributed by atoms with E-state index in [4.69, 9.17) is 5.11 Å². The number of benzene rings is 1. The quantitative estimate of drug-likeness (QED) is 0.466. The van der Waals surface area contributed by atoms with Crippen LogP contribution in [-0.4, -0.2) is 22.5 Å². The maximum absolute atomic E-state index is 13.4. The number of nitrogens with one attached hydrogen (secondary N) is 1. The van der Waals surface area contributed by atoms with Crippen molar-refractivity contribution in [2.24, 2.45) is 0 Å². The third-order valence-electron chi connectivity index (χ3n) is 1.95. The lowest BCUT2D eigenvalue weighted by Crippen LogP contribution is -2.07. The highest BCUT2D eigenvalue weighted by molar-refractivity contribution is 5.93. The number of aromatic carboxylic acids is 1. The van der Waals surface area contributed by atoms with Crippen molar-refractivity contribution in [2.45, 2.75) is 0 Å². The van der Waals surface area contributed by atoms with Gasteiger partial charge in [-0.05, 0) is 6.07 Å². The highest BCUT2D eigenvalue weighted by Gasteiger charge is 2.22. The van der Waals surface area contributed by atoms with Gasteiger partial charge in [0.05, 0.1) is 16.7 Å². The van der Waals surface area contributed by atoms with Gasteiger partial charge in [0.1, 0.15) is 5.56 Å². The van der Waals surface area contributed by atoms with Crippen LogP contribution < -0.4 is 5.32 Å². The van der Waals surface area contributed by atoms with Crippen LogP contribution in [0.3, 0.4) is 0 Å². The Morgan fingerprint density at radius 1 is 1.65 bits per heavy atom. The molecular formula is C10H9FN2O4. The number of nitro groups is 1. The molecule has 0 heterocycles. The molecule has 0 saturated heterocycles. The highest BCUT2D eigenvalue weighted by Crippen LogP contribution is 2.26. The number of hydrogen-bond donors (Lipinski definition) is 2. The molecule has 1 aromatic carbocycles. The lowest BCUT2D eigenvalue weighted by molar-refractivity contribution is -0.385. The first-order chi connectivity index (χ1) is 7.97. The summed E-state index contributed by atoms with van der Waals surface area (Å²) in [7, 11) is 0. The Balaban J connectivity index is 3.29. The van der Waals surface area contributed by atoms with E-state index >= 15 is 0 Å². The van der Waals surface area contributed by atoms with Gasteiger partial charge in [0.25, 0.3) is 5.69 Å². The highest BCUT2D eigenvalue weighted by atomic mass is 19.1. The Morgan fingerprint density at radius 3 is 2.76 bits per heavy atom. The summed E-state index contributed by atoms with van der Waals surface area (Å²) >= 11 is 0. The Bertz CT molecular complexity index is 487. The Hall–Kier alpha value is -2.44. The van der Waals surface area contributed by atoms with Gasteiger partial charge in [-0.3, -0.25) is 10.1 Å². The van der Waals surface area contributed by atoms with Crippen LogP contribution in [0.2, 0.25) is 0 Å². The molecule has 0 bridgehead atoms. The first-order valence-electron chi connectivity index (χ1n) is 4.53. The van der Waals surface area contributed by atoms with E-state index in [-0.39, 0.29) is 12.2 Å². The number of nitrogens with zero attached hydrogens (tertiary/aromatic N) is 1. The van der Waals surface area contributed by atoms with Gasteiger partial charge >= 0.3 is 5.97 Å². The predicted molar refractivity (Wildman–Crippen MR) is 58.7 cm³/mol. The van der Waals surface area contributed by atoms with E-state index in [0.717, 1.165) is 6.07 Å². The molecule has 90 valence electrons. The van der Waals surface area contributed by atoms with Crippen LogP contribution in [-0.2, 0) is 0 Å². The molecule has 0 aliphatic carbocycles. The van der Waals surface area contributed by atoms with Crippen molar-refractivity contribution in [2.75, 3.05) is 11.9 Å². The molecule has 0 aliphatic rings. The SMILES string of the molecule is C=CCNc1cc(C(=O)O)c([N+](=O)[O-])cc1F. The average Bonchev–Trinajstić information content (AvgIpc) is 2.26. The van der Waals surface area contributed by atoms with Crippen molar-refractivity contribution in [3.05, 3.63) is 46.3 Å². The number of carboxylic acid groups (broad SMARTS) is 1. The summed E-state index contributed by atoms with van der Waals surface area (Å²) in [6, 6.07) is 1.47.